The van der Waals surface area contributed by atoms with Crippen molar-refractivity contribution in [1.29, 1.82) is 0 Å². The molecule has 0 saturated heterocycles. The topological polar surface area (TPSA) is 98.9 Å². The Hall–Kier alpha value is -2.15. The highest BCUT2D eigenvalue weighted by molar-refractivity contribution is 5.78. The summed E-state index contributed by atoms with van der Waals surface area (Å²) in [6.45, 7) is 2.59. The molecule has 1 rings (SSSR count). The van der Waals surface area contributed by atoms with Crippen LogP contribution in [0.4, 0.5) is 5.69 Å². The summed E-state index contributed by atoms with van der Waals surface area (Å²) in [7, 11) is 1.16. The summed E-state index contributed by atoms with van der Waals surface area (Å²) >= 11 is 0. The van der Waals surface area contributed by atoms with Crippen molar-refractivity contribution in [2.45, 2.75) is 19.4 Å². The molecule has 104 valence electrons. The number of carbonyl (C=O) groups excluding carboxylic acids is 1. The minimum atomic E-state index is -1.77. The van der Waals surface area contributed by atoms with Gasteiger partial charge in [-0.3, -0.25) is 10.1 Å². The van der Waals surface area contributed by atoms with E-state index in [2.05, 4.69) is 4.74 Å². The first-order valence-electron chi connectivity index (χ1n) is 5.46. The summed E-state index contributed by atoms with van der Waals surface area (Å²) in [5.41, 5.74) is -1.29. The van der Waals surface area contributed by atoms with Gasteiger partial charge in [0.05, 0.1) is 12.0 Å². The number of nitrogens with zero attached hydrogens (tertiary/aromatic N) is 1. The molecule has 0 saturated carbocycles. The van der Waals surface area contributed by atoms with Crippen molar-refractivity contribution in [3.8, 4) is 5.75 Å². The lowest BCUT2D eigenvalue weighted by atomic mass is 10.1. The average Bonchev–Trinajstić information content (AvgIpc) is 2.36. The zero-order valence-electron chi connectivity index (χ0n) is 10.9. The number of ether oxygens (including phenoxy) is 2. The summed E-state index contributed by atoms with van der Waals surface area (Å²) in [5, 5.41) is 20.3. The molecule has 0 heterocycles. The van der Waals surface area contributed by atoms with Gasteiger partial charge in [0.15, 0.2) is 5.60 Å². The smallest absolute Gasteiger partial charge is 0.341 e. The molecule has 0 radical (unpaired) electrons. The standard InChI is InChI=1S/C12H15NO6/c1-8-6-9(13(16)17)4-5-10(8)19-7-12(2,15)11(14)18-3/h4-6,15H,7H2,1-3H3. The Morgan fingerprint density at radius 2 is 2.16 bits per heavy atom. The molecule has 0 aromatic heterocycles. The third-order valence-electron chi connectivity index (χ3n) is 2.50. The number of carbonyl (C=O) groups is 1. The SMILES string of the molecule is COC(=O)C(C)(O)COc1ccc([N+](=O)[O-])cc1C. The summed E-state index contributed by atoms with van der Waals surface area (Å²) in [5.74, 6) is -0.457. The maximum atomic E-state index is 11.2. The Kier molecular flexibility index (Phi) is 4.44. The number of esters is 1. The molecule has 0 amide bonds. The molecule has 1 atom stereocenters. The lowest BCUT2D eigenvalue weighted by Crippen LogP contribution is -2.42. The van der Waals surface area contributed by atoms with Crippen molar-refractivity contribution < 1.29 is 24.3 Å². The van der Waals surface area contributed by atoms with E-state index in [0.29, 0.717) is 11.3 Å². The highest BCUT2D eigenvalue weighted by Crippen LogP contribution is 2.24. The van der Waals surface area contributed by atoms with Gasteiger partial charge in [-0.25, -0.2) is 4.79 Å². The minimum absolute atomic E-state index is 0.0513. The zero-order valence-corrected chi connectivity index (χ0v) is 10.9. The number of aliphatic hydroxyl groups is 1. The van der Waals surface area contributed by atoms with E-state index in [0.717, 1.165) is 7.11 Å². The van der Waals surface area contributed by atoms with Gasteiger partial charge in [0, 0.05) is 12.1 Å². The Labute approximate surface area is 109 Å². The molecule has 1 N–H and O–H groups in total. The molecular formula is C12H15NO6. The summed E-state index contributed by atoms with van der Waals surface area (Å²) in [6, 6.07) is 4.05. The number of non-ortho nitro benzene ring substituents is 1. The lowest BCUT2D eigenvalue weighted by Gasteiger charge is -2.21. The van der Waals surface area contributed by atoms with Crippen LogP contribution in [0.15, 0.2) is 18.2 Å². The second-order valence-electron chi connectivity index (χ2n) is 4.26. The van der Waals surface area contributed by atoms with Crippen molar-refractivity contribution in [3.05, 3.63) is 33.9 Å². The largest absolute Gasteiger partial charge is 0.490 e. The van der Waals surface area contributed by atoms with Crippen LogP contribution in [0.1, 0.15) is 12.5 Å². The predicted octanol–water partition coefficient (Wildman–Crippen LogP) is 1.21. The second kappa shape index (κ2) is 5.66. The number of hydrogen-bond donors (Lipinski definition) is 1. The van der Waals surface area contributed by atoms with Crippen LogP contribution < -0.4 is 4.74 Å². The van der Waals surface area contributed by atoms with E-state index in [-0.39, 0.29) is 12.3 Å². The van der Waals surface area contributed by atoms with Crippen LogP contribution in [0, 0.1) is 17.0 Å². The molecule has 7 heteroatoms. The van der Waals surface area contributed by atoms with Gasteiger partial charge in [0.1, 0.15) is 12.4 Å². The number of nitro groups is 1. The lowest BCUT2D eigenvalue weighted by molar-refractivity contribution is -0.384. The molecule has 1 aromatic carbocycles. The van der Waals surface area contributed by atoms with Gasteiger partial charge in [-0.15, -0.1) is 0 Å². The molecule has 0 aliphatic rings. The fourth-order valence-electron chi connectivity index (χ4n) is 1.41. The van der Waals surface area contributed by atoms with Crippen LogP contribution in [0.25, 0.3) is 0 Å². The quantitative estimate of drug-likeness (QED) is 0.490. The number of hydrogen-bond acceptors (Lipinski definition) is 6. The van der Waals surface area contributed by atoms with E-state index in [4.69, 9.17) is 4.74 Å². The van der Waals surface area contributed by atoms with Crippen LogP contribution in [-0.4, -0.2) is 35.3 Å². The van der Waals surface area contributed by atoms with Gasteiger partial charge in [-0.1, -0.05) is 0 Å². The van der Waals surface area contributed by atoms with Gasteiger partial charge in [0.25, 0.3) is 5.69 Å². The van der Waals surface area contributed by atoms with Gasteiger partial charge in [-0.2, -0.15) is 0 Å². The number of rotatable bonds is 5. The average molecular weight is 269 g/mol. The first kappa shape index (κ1) is 14.9. The van der Waals surface area contributed by atoms with E-state index >= 15 is 0 Å². The van der Waals surface area contributed by atoms with E-state index in [9.17, 15) is 20.0 Å². The van der Waals surface area contributed by atoms with Crippen LogP contribution in [0.2, 0.25) is 0 Å². The molecule has 1 aromatic rings. The molecule has 0 bridgehead atoms. The fourth-order valence-corrected chi connectivity index (χ4v) is 1.41. The first-order valence-corrected chi connectivity index (χ1v) is 5.46. The van der Waals surface area contributed by atoms with Gasteiger partial charge < -0.3 is 14.6 Å². The zero-order chi connectivity index (χ0) is 14.6. The van der Waals surface area contributed by atoms with E-state index in [1.807, 2.05) is 0 Å². The maximum Gasteiger partial charge on any atom is 0.341 e. The molecular weight excluding hydrogens is 254 g/mol. The predicted molar refractivity (Wildman–Crippen MR) is 66.0 cm³/mol. The van der Waals surface area contributed by atoms with Gasteiger partial charge >= 0.3 is 5.97 Å². The Balaban J connectivity index is 2.79. The van der Waals surface area contributed by atoms with Crippen LogP contribution in [0.5, 0.6) is 5.75 Å². The summed E-state index contributed by atoms with van der Waals surface area (Å²) < 4.78 is 9.71. The highest BCUT2D eigenvalue weighted by Gasteiger charge is 2.32. The van der Waals surface area contributed by atoms with Crippen molar-refractivity contribution in [2.75, 3.05) is 13.7 Å². The maximum absolute atomic E-state index is 11.2. The van der Waals surface area contributed by atoms with Crippen molar-refractivity contribution in [3.63, 3.8) is 0 Å². The fraction of sp³-hybridized carbons (Fsp3) is 0.417. The summed E-state index contributed by atoms with van der Waals surface area (Å²) in [4.78, 5) is 21.3. The monoisotopic (exact) mass is 269 g/mol. The molecule has 0 fully saturated rings. The number of nitro benzene ring substituents is 1. The van der Waals surface area contributed by atoms with Gasteiger partial charge in [0.2, 0.25) is 0 Å². The van der Waals surface area contributed by atoms with Crippen molar-refractivity contribution >= 4 is 11.7 Å². The van der Waals surface area contributed by atoms with Crippen LogP contribution in [-0.2, 0) is 9.53 Å². The van der Waals surface area contributed by atoms with E-state index in [1.54, 1.807) is 6.92 Å². The Morgan fingerprint density at radius 1 is 1.53 bits per heavy atom. The first-order chi connectivity index (χ1) is 8.77. The van der Waals surface area contributed by atoms with Crippen molar-refractivity contribution in [2.24, 2.45) is 0 Å². The molecule has 0 spiro atoms. The number of benzene rings is 1. The molecule has 0 aliphatic carbocycles. The van der Waals surface area contributed by atoms with E-state index < -0.39 is 16.5 Å². The van der Waals surface area contributed by atoms with Crippen molar-refractivity contribution in [1.82, 2.24) is 0 Å². The Bertz CT molecular complexity index is 497. The normalized spacial score (nSPS) is 13.5. The molecule has 0 aliphatic heterocycles. The number of methoxy groups -OCH3 is 1. The highest BCUT2D eigenvalue weighted by atomic mass is 16.6. The molecule has 19 heavy (non-hydrogen) atoms. The van der Waals surface area contributed by atoms with E-state index in [1.165, 1.54) is 25.1 Å². The van der Waals surface area contributed by atoms with Crippen LogP contribution in [0.3, 0.4) is 0 Å². The minimum Gasteiger partial charge on any atom is -0.490 e. The molecule has 1 unspecified atom stereocenters. The summed E-state index contributed by atoms with van der Waals surface area (Å²) in [6.07, 6.45) is 0. The van der Waals surface area contributed by atoms with Crippen LogP contribution >= 0.6 is 0 Å². The third-order valence-corrected chi connectivity index (χ3v) is 2.50. The van der Waals surface area contributed by atoms with Gasteiger partial charge in [-0.05, 0) is 25.5 Å². The number of aryl methyl sites for hydroxylation is 1. The third kappa shape index (κ3) is 3.65. The molecule has 7 nitrogen and oxygen atoms in total. The Morgan fingerprint density at radius 3 is 2.63 bits per heavy atom. The second-order valence-corrected chi connectivity index (χ2v) is 4.26.